The second-order valence-corrected chi connectivity index (χ2v) is 34.9. The summed E-state index contributed by atoms with van der Waals surface area (Å²) in [6, 6.07) is 68.5. The molecule has 18 aromatic rings. The van der Waals surface area contributed by atoms with Crippen LogP contribution in [0, 0.1) is 34.9 Å². The number of carbonyl (C=O) groups is 5. The van der Waals surface area contributed by atoms with Crippen LogP contribution >= 0.6 is 0 Å². The molecule has 139 heavy (non-hydrogen) atoms. The number of hydrogen-bond acceptors (Lipinski definition) is 14. The van der Waals surface area contributed by atoms with Crippen LogP contribution in [-0.4, -0.2) is 108 Å². The highest BCUT2D eigenvalue weighted by atomic mass is 19.2. The summed E-state index contributed by atoms with van der Waals surface area (Å²) in [7, 11) is 3.78. The Morgan fingerprint density at radius 3 is 1.32 bits per heavy atom. The molecule has 1 aliphatic carbocycles. The number of amides is 5. The third-order valence-electron chi connectivity index (χ3n) is 26.0. The quantitative estimate of drug-likeness (QED) is 0.0941. The van der Waals surface area contributed by atoms with Crippen molar-refractivity contribution >= 4 is 68.8 Å². The van der Waals surface area contributed by atoms with Crippen LogP contribution in [0.2, 0.25) is 0 Å². The molecule has 0 radical (unpaired) electrons. The number of carbonyl (C=O) groups excluding carboxylic acids is 5. The number of allylic oxidation sites excluding steroid dienone is 2. The van der Waals surface area contributed by atoms with Crippen LogP contribution in [0.15, 0.2) is 311 Å². The Hall–Kier alpha value is -17.4. The fraction of sp³-hybridized carbons (Fsp3) is 0.126. The minimum Gasteiger partial charge on any atom is -0.359 e. The van der Waals surface area contributed by atoms with E-state index in [9.17, 15) is 50.3 Å². The van der Waals surface area contributed by atoms with Gasteiger partial charge in [-0.1, -0.05) is 128 Å². The highest BCUT2D eigenvalue weighted by Gasteiger charge is 2.35. The summed E-state index contributed by atoms with van der Waals surface area (Å²) in [5.41, 5.74) is 24.8. The van der Waals surface area contributed by atoms with Crippen LogP contribution in [0.3, 0.4) is 0 Å². The van der Waals surface area contributed by atoms with Crippen molar-refractivity contribution in [2.75, 3.05) is 5.32 Å². The predicted octanol–water partition coefficient (Wildman–Crippen LogP) is 20.8. The van der Waals surface area contributed by atoms with Gasteiger partial charge in [-0.15, -0.1) is 0 Å². The number of aromatic nitrogens is 11. The fourth-order valence-corrected chi connectivity index (χ4v) is 18.6. The molecule has 684 valence electrons. The zero-order valence-electron chi connectivity index (χ0n) is 75.0. The first-order valence-electron chi connectivity index (χ1n) is 45.0. The van der Waals surface area contributed by atoms with E-state index in [2.05, 4.69) is 76.3 Å². The molecular formula is C111H83F6N17O5. The molecule has 0 saturated heterocycles. The third kappa shape index (κ3) is 17.8. The van der Waals surface area contributed by atoms with Crippen LogP contribution < -0.4 is 5.32 Å². The lowest BCUT2D eigenvalue weighted by molar-refractivity contribution is 0.0756. The summed E-state index contributed by atoms with van der Waals surface area (Å²) >= 11 is 0. The Morgan fingerprint density at radius 1 is 0.353 bits per heavy atom. The lowest BCUT2D eigenvalue weighted by atomic mass is 9.99. The van der Waals surface area contributed by atoms with E-state index in [1.54, 1.807) is 153 Å². The number of nitrogens with one attached hydrogen (secondary N) is 1. The Morgan fingerprint density at radius 2 is 0.777 bits per heavy atom. The SMILES string of the molecule is C=C1Cc2cc(-c3cc(F)c(CN4Cc5ncccc5C4=O)c(F)c3)ccc2N1.Cn1ncc2cc(-c3ccc(CN4Cc5ncccc5C4=O)c(F)c3)ccc21.Cn1ncc2ccc(-c3ccc(CN4Cc5ccccc5C4=O)c(F)c3)cc21.O=C1c2cccnc2CN1Cc1ccc(-c2ccc3c(c2)CC=C3)cc1F.O=C1c2cccnc2CN1Cc1ccc(-c2cn3ccnc3cn2)cc1F. The number of nitrogens with zero attached hydrogens (tertiary/aromatic N) is 16. The number of imidazole rings is 1. The smallest absolute Gasteiger partial charge is 0.256 e. The number of pyridine rings is 4. The molecule has 0 saturated carbocycles. The number of anilines is 1. The van der Waals surface area contributed by atoms with Crippen LogP contribution in [0.4, 0.5) is 32.0 Å². The summed E-state index contributed by atoms with van der Waals surface area (Å²) in [6.45, 7) is 6.72. The van der Waals surface area contributed by atoms with Crippen molar-refractivity contribution in [2.45, 2.75) is 78.3 Å². The van der Waals surface area contributed by atoms with Gasteiger partial charge in [0.2, 0.25) is 0 Å². The zero-order chi connectivity index (χ0) is 95.4. The molecule has 5 amide bonds. The van der Waals surface area contributed by atoms with Crippen LogP contribution in [-0.2, 0) is 92.4 Å². The average molecular weight is 1850 g/mol. The van der Waals surface area contributed by atoms with Crippen molar-refractivity contribution in [3.63, 3.8) is 0 Å². The number of fused-ring (bicyclic) bond motifs is 10. The van der Waals surface area contributed by atoms with E-state index in [0.717, 1.165) is 112 Å². The topological polar surface area (TPSA) is 231 Å². The molecule has 10 aromatic carbocycles. The summed E-state index contributed by atoms with van der Waals surface area (Å²) in [5.74, 6) is -3.22. The van der Waals surface area contributed by atoms with Gasteiger partial charge in [-0.05, 0) is 195 Å². The molecule has 0 atom stereocenters. The van der Waals surface area contributed by atoms with Gasteiger partial charge in [0.1, 0.15) is 34.9 Å². The van der Waals surface area contributed by atoms with Gasteiger partial charge in [0.15, 0.2) is 5.65 Å². The number of benzene rings is 10. The minimum atomic E-state index is -0.667. The second kappa shape index (κ2) is 37.1. The number of hydrogen-bond donors (Lipinski definition) is 1. The average Bonchev–Trinajstić information content (AvgIpc) is 1.76. The molecule has 1 N–H and O–H groups in total. The molecule has 28 heteroatoms. The van der Waals surface area contributed by atoms with Gasteiger partial charge in [0.05, 0.1) is 113 Å². The van der Waals surface area contributed by atoms with Gasteiger partial charge >= 0.3 is 0 Å². The van der Waals surface area contributed by atoms with E-state index in [-0.39, 0.29) is 97.6 Å². The van der Waals surface area contributed by atoms with E-state index in [0.29, 0.717) is 105 Å². The van der Waals surface area contributed by atoms with Gasteiger partial charge < -0.3 is 34.2 Å². The van der Waals surface area contributed by atoms with Crippen molar-refractivity contribution in [2.24, 2.45) is 14.1 Å². The minimum absolute atomic E-state index is 0.0410. The lowest BCUT2D eigenvalue weighted by Gasteiger charge is -2.17. The Labute approximate surface area is 792 Å². The largest absolute Gasteiger partial charge is 0.359 e. The maximum atomic E-state index is 14.8. The van der Waals surface area contributed by atoms with E-state index in [1.807, 2.05) is 151 Å². The zero-order valence-corrected chi connectivity index (χ0v) is 75.0. The van der Waals surface area contributed by atoms with E-state index < -0.39 is 11.6 Å². The molecule has 8 aromatic heterocycles. The molecule has 6 aliphatic heterocycles. The highest BCUT2D eigenvalue weighted by Crippen LogP contribution is 2.39. The van der Waals surface area contributed by atoms with Gasteiger partial charge in [0, 0.05) is 158 Å². The van der Waals surface area contributed by atoms with E-state index >= 15 is 0 Å². The standard InChI is InChI=1S/C23H17F2N3O.C23H18FN3O.C23H17FN2O.C22H17FN4O.C20H14FN5O/c1-13-7-16-8-14(4-5-21(16)27-13)15-9-19(24)18(20(25)10-15)11-28-12-22-17(23(28)29)3-2-6-26-22;1-26-22-11-16(6-8-17(22)12-25-26)15-7-9-19(21(24)10-15)14-27-13-18-4-2-3-5-20(18)23(27)28;24-21-12-18(17-7-6-15-3-1-4-16(15)11-17)8-9-19(21)13-26-14-22-20(23(26)27)5-2-10-25-22;1-26-21-7-6-14(9-17(21)11-25-26)15-4-5-16(19(23)10-15)12-27-13-20-18(22(27)28)3-2-8-24-20;21-16-8-13(17-11-25-7-6-23-19(25)9-24-17)3-4-14(16)10-26-12-18-15(20(26)27)2-1-5-22-18/h2-6,8-10,27H,1,7,11-12H2;2-12H,13-14H2,1H3;1-3,5-12H,4,13-14H2;2-11H,12-13H2,1H3;1-9,11H,10,12H2. The van der Waals surface area contributed by atoms with E-state index in [4.69, 9.17) is 0 Å². The monoisotopic (exact) mass is 1850 g/mol. The first-order chi connectivity index (χ1) is 67.6. The molecule has 0 fully saturated rings. The summed E-state index contributed by atoms with van der Waals surface area (Å²) in [6.07, 6.45) is 23.1. The molecule has 14 heterocycles. The van der Waals surface area contributed by atoms with Gasteiger partial charge in [-0.2, -0.15) is 10.2 Å². The third-order valence-corrected chi connectivity index (χ3v) is 26.0. The lowest BCUT2D eigenvalue weighted by Crippen LogP contribution is -2.24. The van der Waals surface area contributed by atoms with Crippen molar-refractivity contribution in [3.05, 3.63) is 446 Å². The van der Waals surface area contributed by atoms with Crippen LogP contribution in [0.5, 0.6) is 0 Å². The van der Waals surface area contributed by atoms with Gasteiger partial charge in [0.25, 0.3) is 29.5 Å². The highest BCUT2D eigenvalue weighted by molar-refractivity contribution is 6.01. The Kier molecular flexibility index (Phi) is 23.5. The number of halogens is 6. The van der Waals surface area contributed by atoms with E-state index in [1.165, 1.54) is 40.3 Å². The Bertz CT molecular complexity index is 8090. The molecular weight excluding hydrogens is 1770 g/mol. The summed E-state index contributed by atoms with van der Waals surface area (Å²) in [4.78, 5) is 95.7. The normalized spacial score (nSPS) is 13.9. The molecule has 25 rings (SSSR count). The number of aryl methyl sites for hydroxylation is 2. The van der Waals surface area contributed by atoms with Crippen molar-refractivity contribution < 1.29 is 50.3 Å². The summed E-state index contributed by atoms with van der Waals surface area (Å²) < 4.78 is 94.2. The maximum Gasteiger partial charge on any atom is 0.256 e. The van der Waals surface area contributed by atoms with Gasteiger partial charge in [-0.3, -0.25) is 58.3 Å². The van der Waals surface area contributed by atoms with Crippen molar-refractivity contribution in [1.82, 2.24) is 78.4 Å². The summed E-state index contributed by atoms with van der Waals surface area (Å²) in [5, 5.41) is 13.7. The predicted molar refractivity (Wildman–Crippen MR) is 515 cm³/mol. The first-order valence-corrected chi connectivity index (χ1v) is 45.0. The van der Waals surface area contributed by atoms with Crippen molar-refractivity contribution in [1.29, 1.82) is 0 Å². The second-order valence-electron chi connectivity index (χ2n) is 34.9. The molecule has 0 unspecified atom stereocenters. The molecule has 22 nitrogen and oxygen atoms in total. The van der Waals surface area contributed by atoms with Gasteiger partial charge in [-0.25, -0.2) is 31.3 Å². The van der Waals surface area contributed by atoms with Crippen LogP contribution in [0.1, 0.15) is 125 Å². The van der Waals surface area contributed by atoms with Crippen LogP contribution in [0.25, 0.3) is 89.3 Å². The molecule has 0 spiro atoms. The number of rotatable bonds is 15. The maximum absolute atomic E-state index is 14.8. The fourth-order valence-electron chi connectivity index (χ4n) is 18.6. The Balaban J connectivity index is 0.000000103. The van der Waals surface area contributed by atoms with Crippen molar-refractivity contribution in [3.8, 4) is 55.8 Å². The molecule has 7 aliphatic rings. The first kappa shape index (κ1) is 88.2. The molecule has 0 bridgehead atoms.